The monoisotopic (exact) mass is 454 g/mol. The molecule has 4 aromatic heterocycles. The van der Waals surface area contributed by atoms with Crippen molar-refractivity contribution in [1.29, 1.82) is 0 Å². The SMILES string of the molecule is COc1cnc(NC(C)=O)cc1Nc1cc(-c2ccc3nc(C)cn3n2)nc(C(C)(F)F)n1. The molecule has 0 aliphatic rings. The Kier molecular flexibility index (Phi) is 5.58. The Morgan fingerprint density at radius 1 is 1.12 bits per heavy atom. The Bertz CT molecular complexity index is 1350. The van der Waals surface area contributed by atoms with E-state index in [4.69, 9.17) is 4.74 Å². The number of hydrogen-bond acceptors (Lipinski definition) is 8. The van der Waals surface area contributed by atoms with E-state index in [1.165, 1.54) is 32.4 Å². The van der Waals surface area contributed by atoms with E-state index in [1.54, 1.807) is 22.8 Å². The van der Waals surface area contributed by atoms with Crippen molar-refractivity contribution in [3.8, 4) is 17.1 Å². The van der Waals surface area contributed by atoms with E-state index >= 15 is 0 Å². The highest BCUT2D eigenvalue weighted by molar-refractivity contribution is 5.88. The fourth-order valence-electron chi connectivity index (χ4n) is 3.07. The van der Waals surface area contributed by atoms with Gasteiger partial charge in [-0.3, -0.25) is 4.79 Å². The molecule has 0 saturated heterocycles. The first kappa shape index (κ1) is 22.0. The minimum Gasteiger partial charge on any atom is -0.493 e. The quantitative estimate of drug-likeness (QED) is 0.453. The summed E-state index contributed by atoms with van der Waals surface area (Å²) in [4.78, 5) is 27.8. The van der Waals surface area contributed by atoms with Crippen LogP contribution in [-0.2, 0) is 10.7 Å². The zero-order valence-electron chi connectivity index (χ0n) is 18.2. The van der Waals surface area contributed by atoms with Crippen molar-refractivity contribution in [2.45, 2.75) is 26.7 Å². The summed E-state index contributed by atoms with van der Waals surface area (Å²) < 4.78 is 35.3. The summed E-state index contributed by atoms with van der Waals surface area (Å²) in [5, 5.41) is 9.94. The Hall–Kier alpha value is -4.22. The van der Waals surface area contributed by atoms with Crippen molar-refractivity contribution in [1.82, 2.24) is 29.5 Å². The van der Waals surface area contributed by atoms with E-state index in [9.17, 15) is 13.6 Å². The number of imidazole rings is 1. The van der Waals surface area contributed by atoms with Gasteiger partial charge in [-0.05, 0) is 19.1 Å². The fraction of sp³-hybridized carbons (Fsp3) is 0.238. The third-order valence-electron chi connectivity index (χ3n) is 4.48. The summed E-state index contributed by atoms with van der Waals surface area (Å²) in [7, 11) is 1.43. The molecule has 1 amide bonds. The second kappa shape index (κ2) is 8.37. The predicted molar refractivity (Wildman–Crippen MR) is 117 cm³/mol. The van der Waals surface area contributed by atoms with Gasteiger partial charge >= 0.3 is 5.92 Å². The lowest BCUT2D eigenvalue weighted by Gasteiger charge is -2.15. The number of halogens is 2. The molecule has 12 heteroatoms. The van der Waals surface area contributed by atoms with Crippen LogP contribution in [-0.4, -0.2) is 42.6 Å². The Morgan fingerprint density at radius 3 is 2.61 bits per heavy atom. The van der Waals surface area contributed by atoms with Gasteiger partial charge in [-0.2, -0.15) is 13.9 Å². The van der Waals surface area contributed by atoms with Gasteiger partial charge in [-0.1, -0.05) is 0 Å². The van der Waals surface area contributed by atoms with Crippen LogP contribution in [0.1, 0.15) is 25.4 Å². The number of carbonyl (C=O) groups is 1. The lowest BCUT2D eigenvalue weighted by Crippen LogP contribution is -2.15. The zero-order chi connectivity index (χ0) is 23.8. The molecule has 0 fully saturated rings. The molecule has 0 aromatic carbocycles. The molecule has 4 heterocycles. The highest BCUT2D eigenvalue weighted by Gasteiger charge is 2.30. The normalized spacial score (nSPS) is 11.5. The molecule has 170 valence electrons. The molecule has 0 unspecified atom stereocenters. The number of ether oxygens (including phenoxy) is 1. The highest BCUT2D eigenvalue weighted by Crippen LogP contribution is 2.32. The maximum Gasteiger partial charge on any atom is 0.303 e. The molecule has 0 bridgehead atoms. The molecule has 0 aliphatic heterocycles. The molecular formula is C21H20F2N8O2. The third kappa shape index (κ3) is 4.84. The van der Waals surface area contributed by atoms with Gasteiger partial charge in [0.05, 0.1) is 36.6 Å². The first-order valence-corrected chi connectivity index (χ1v) is 9.82. The molecular weight excluding hydrogens is 434 g/mol. The van der Waals surface area contributed by atoms with Crippen LogP contribution in [0.25, 0.3) is 17.0 Å². The van der Waals surface area contributed by atoms with Gasteiger partial charge in [0.2, 0.25) is 11.7 Å². The summed E-state index contributed by atoms with van der Waals surface area (Å²) in [6, 6.07) is 6.36. The molecule has 0 aliphatic carbocycles. The number of rotatable bonds is 6. The number of amides is 1. The number of nitrogens with zero attached hydrogens (tertiary/aromatic N) is 6. The first-order chi connectivity index (χ1) is 15.6. The summed E-state index contributed by atoms with van der Waals surface area (Å²) >= 11 is 0. The molecule has 10 nitrogen and oxygen atoms in total. The summed E-state index contributed by atoms with van der Waals surface area (Å²) in [6.07, 6.45) is 3.11. The third-order valence-corrected chi connectivity index (χ3v) is 4.48. The molecule has 0 radical (unpaired) electrons. The van der Waals surface area contributed by atoms with Gasteiger partial charge in [0.1, 0.15) is 17.3 Å². The fourth-order valence-corrected chi connectivity index (χ4v) is 3.07. The van der Waals surface area contributed by atoms with E-state index in [-0.39, 0.29) is 23.2 Å². The number of pyridine rings is 1. The number of anilines is 3. The number of aryl methyl sites for hydroxylation is 1. The van der Waals surface area contributed by atoms with Crippen LogP contribution in [0.4, 0.5) is 26.1 Å². The molecule has 4 aromatic rings. The lowest BCUT2D eigenvalue weighted by atomic mass is 10.2. The van der Waals surface area contributed by atoms with Gasteiger partial charge < -0.3 is 15.4 Å². The van der Waals surface area contributed by atoms with Gasteiger partial charge in [0.25, 0.3) is 0 Å². The van der Waals surface area contributed by atoms with Crippen LogP contribution in [0.15, 0.2) is 36.7 Å². The Balaban J connectivity index is 1.79. The molecule has 0 atom stereocenters. The molecule has 4 rings (SSSR count). The Morgan fingerprint density at radius 2 is 1.91 bits per heavy atom. The molecule has 0 saturated carbocycles. The molecule has 0 spiro atoms. The summed E-state index contributed by atoms with van der Waals surface area (Å²) in [6.45, 7) is 3.89. The standard InChI is InChI=1S/C21H20F2N8O2/c1-11-10-31-19(25-11)6-5-13(30-31)14-7-18(29-20(28-14)21(3,22)23)27-15-8-17(26-12(2)32)24-9-16(15)33-4/h5-10H,1-4H3,(H2,24,26,27,28,29,32). The lowest BCUT2D eigenvalue weighted by molar-refractivity contribution is -0.114. The largest absolute Gasteiger partial charge is 0.493 e. The predicted octanol–water partition coefficient (Wildman–Crippen LogP) is 3.71. The van der Waals surface area contributed by atoms with Gasteiger partial charge in [-0.15, -0.1) is 0 Å². The van der Waals surface area contributed by atoms with Crippen molar-refractivity contribution >= 4 is 28.9 Å². The average Bonchev–Trinajstić information content (AvgIpc) is 3.12. The number of nitrogens with one attached hydrogen (secondary N) is 2. The summed E-state index contributed by atoms with van der Waals surface area (Å²) in [5.41, 5.74) is 2.30. The number of aromatic nitrogens is 6. The van der Waals surface area contributed by atoms with Crippen LogP contribution >= 0.6 is 0 Å². The van der Waals surface area contributed by atoms with Gasteiger partial charge in [0.15, 0.2) is 11.4 Å². The second-order valence-electron chi connectivity index (χ2n) is 7.33. The van der Waals surface area contributed by atoms with E-state index in [2.05, 4.69) is 35.7 Å². The van der Waals surface area contributed by atoms with Crippen LogP contribution in [0.5, 0.6) is 5.75 Å². The minimum absolute atomic E-state index is 0.0820. The van der Waals surface area contributed by atoms with Crippen molar-refractivity contribution in [2.24, 2.45) is 0 Å². The first-order valence-electron chi connectivity index (χ1n) is 9.82. The van der Waals surface area contributed by atoms with Crippen molar-refractivity contribution in [3.63, 3.8) is 0 Å². The number of alkyl halides is 2. The van der Waals surface area contributed by atoms with E-state index < -0.39 is 11.7 Å². The topological polar surface area (TPSA) is 119 Å². The highest BCUT2D eigenvalue weighted by atomic mass is 19.3. The second-order valence-corrected chi connectivity index (χ2v) is 7.33. The number of hydrogen-bond donors (Lipinski definition) is 2. The van der Waals surface area contributed by atoms with Crippen molar-refractivity contribution in [3.05, 3.63) is 48.2 Å². The Labute approximate surface area is 187 Å². The van der Waals surface area contributed by atoms with Gasteiger partial charge in [0, 0.05) is 26.0 Å². The minimum atomic E-state index is -3.30. The molecule has 33 heavy (non-hydrogen) atoms. The summed E-state index contributed by atoms with van der Waals surface area (Å²) in [5.74, 6) is -3.63. The average molecular weight is 454 g/mol. The van der Waals surface area contributed by atoms with E-state index in [1.807, 2.05) is 6.92 Å². The maximum atomic E-state index is 14.2. The van der Waals surface area contributed by atoms with E-state index in [0.29, 0.717) is 29.7 Å². The van der Waals surface area contributed by atoms with Crippen LogP contribution in [0, 0.1) is 6.92 Å². The van der Waals surface area contributed by atoms with Gasteiger partial charge in [-0.25, -0.2) is 24.5 Å². The van der Waals surface area contributed by atoms with Crippen LogP contribution in [0.2, 0.25) is 0 Å². The number of methoxy groups -OCH3 is 1. The zero-order valence-corrected chi connectivity index (χ0v) is 18.2. The van der Waals surface area contributed by atoms with Crippen molar-refractivity contribution < 1.29 is 18.3 Å². The van der Waals surface area contributed by atoms with E-state index in [0.717, 1.165) is 5.69 Å². The van der Waals surface area contributed by atoms with Crippen LogP contribution in [0.3, 0.4) is 0 Å². The number of fused-ring (bicyclic) bond motifs is 1. The molecule has 2 N–H and O–H groups in total. The smallest absolute Gasteiger partial charge is 0.303 e. The number of carbonyl (C=O) groups excluding carboxylic acids is 1. The van der Waals surface area contributed by atoms with Crippen molar-refractivity contribution in [2.75, 3.05) is 17.7 Å². The van der Waals surface area contributed by atoms with Crippen LogP contribution < -0.4 is 15.4 Å². The maximum absolute atomic E-state index is 14.2.